The summed E-state index contributed by atoms with van der Waals surface area (Å²) in [6.45, 7) is 2.73. The van der Waals surface area contributed by atoms with Crippen molar-refractivity contribution in [3.8, 4) is 0 Å². The van der Waals surface area contributed by atoms with E-state index in [1.54, 1.807) is 24.9 Å². The third-order valence-electron chi connectivity index (χ3n) is 2.42. The van der Waals surface area contributed by atoms with Gasteiger partial charge in [0, 0.05) is 23.8 Å². The molecule has 16 heavy (non-hydrogen) atoms. The molecule has 0 aliphatic heterocycles. The molecule has 0 saturated carbocycles. The molecule has 1 unspecified atom stereocenters. The Bertz CT molecular complexity index is 333. The standard InChI is InChI=1S/C12H18FNOS/c1-9(14-2)11-8-10(13)4-5-12(11)16-7-6-15-3/h4-5,8-9,14H,6-7H2,1-3H3. The number of hydrogen-bond acceptors (Lipinski definition) is 3. The lowest BCUT2D eigenvalue weighted by atomic mass is 10.1. The van der Waals surface area contributed by atoms with Crippen molar-refractivity contribution >= 4 is 11.8 Å². The van der Waals surface area contributed by atoms with Gasteiger partial charge in [-0.05, 0) is 37.7 Å². The van der Waals surface area contributed by atoms with Crippen molar-refractivity contribution in [2.24, 2.45) is 0 Å². The highest BCUT2D eigenvalue weighted by atomic mass is 32.2. The molecular formula is C12H18FNOS. The fourth-order valence-electron chi connectivity index (χ4n) is 1.38. The third kappa shape index (κ3) is 3.77. The molecule has 0 aliphatic rings. The van der Waals surface area contributed by atoms with Crippen LogP contribution in [0.25, 0.3) is 0 Å². The average molecular weight is 243 g/mol. The van der Waals surface area contributed by atoms with Crippen molar-refractivity contribution in [2.45, 2.75) is 17.9 Å². The van der Waals surface area contributed by atoms with Gasteiger partial charge in [0.25, 0.3) is 0 Å². The number of nitrogens with one attached hydrogen (secondary N) is 1. The predicted molar refractivity (Wildman–Crippen MR) is 66.5 cm³/mol. The molecule has 0 aliphatic carbocycles. The van der Waals surface area contributed by atoms with Crippen molar-refractivity contribution in [1.82, 2.24) is 5.32 Å². The maximum atomic E-state index is 13.2. The van der Waals surface area contributed by atoms with Crippen molar-refractivity contribution < 1.29 is 9.13 Å². The van der Waals surface area contributed by atoms with E-state index in [1.807, 2.05) is 20.0 Å². The number of halogens is 1. The van der Waals surface area contributed by atoms with Gasteiger partial charge in [0.05, 0.1) is 6.61 Å². The van der Waals surface area contributed by atoms with Crippen LogP contribution in [0, 0.1) is 5.82 Å². The first-order valence-electron chi connectivity index (χ1n) is 5.27. The second kappa shape index (κ2) is 6.89. The summed E-state index contributed by atoms with van der Waals surface area (Å²) in [5.74, 6) is 0.694. The van der Waals surface area contributed by atoms with Gasteiger partial charge in [0.15, 0.2) is 0 Å². The molecule has 1 aromatic rings. The smallest absolute Gasteiger partial charge is 0.123 e. The SMILES string of the molecule is CNC(C)c1cc(F)ccc1SCCOC. The first-order valence-corrected chi connectivity index (χ1v) is 6.26. The summed E-state index contributed by atoms with van der Waals surface area (Å²) in [5, 5.41) is 3.13. The van der Waals surface area contributed by atoms with Crippen molar-refractivity contribution in [3.63, 3.8) is 0 Å². The highest BCUT2D eigenvalue weighted by Crippen LogP contribution is 2.28. The van der Waals surface area contributed by atoms with Gasteiger partial charge in [0.2, 0.25) is 0 Å². The van der Waals surface area contributed by atoms with E-state index in [9.17, 15) is 4.39 Å². The van der Waals surface area contributed by atoms with Crippen LogP contribution in [0.3, 0.4) is 0 Å². The summed E-state index contributed by atoms with van der Waals surface area (Å²) in [5.41, 5.74) is 1.00. The number of benzene rings is 1. The molecule has 1 rings (SSSR count). The average Bonchev–Trinajstić information content (AvgIpc) is 2.30. The summed E-state index contributed by atoms with van der Waals surface area (Å²) in [4.78, 5) is 1.11. The van der Waals surface area contributed by atoms with E-state index in [-0.39, 0.29) is 11.9 Å². The molecule has 1 N–H and O–H groups in total. The Morgan fingerprint density at radius 3 is 2.88 bits per heavy atom. The van der Waals surface area contributed by atoms with Gasteiger partial charge in [-0.1, -0.05) is 0 Å². The lowest BCUT2D eigenvalue weighted by Gasteiger charge is -2.15. The van der Waals surface area contributed by atoms with Gasteiger partial charge in [-0.15, -0.1) is 11.8 Å². The summed E-state index contributed by atoms with van der Waals surface area (Å²) in [6, 6.07) is 5.08. The van der Waals surface area contributed by atoms with Gasteiger partial charge in [-0.3, -0.25) is 0 Å². The molecule has 0 amide bonds. The van der Waals surface area contributed by atoms with E-state index in [1.165, 1.54) is 6.07 Å². The number of thioether (sulfide) groups is 1. The van der Waals surface area contributed by atoms with Crippen molar-refractivity contribution in [2.75, 3.05) is 26.5 Å². The highest BCUT2D eigenvalue weighted by Gasteiger charge is 2.10. The minimum atomic E-state index is -0.187. The largest absolute Gasteiger partial charge is 0.384 e. The first-order chi connectivity index (χ1) is 7.69. The van der Waals surface area contributed by atoms with Crippen LogP contribution in [-0.4, -0.2) is 26.5 Å². The molecule has 0 bridgehead atoms. The maximum absolute atomic E-state index is 13.2. The van der Waals surface area contributed by atoms with Crippen LogP contribution in [0.4, 0.5) is 4.39 Å². The number of methoxy groups -OCH3 is 1. The van der Waals surface area contributed by atoms with E-state index in [4.69, 9.17) is 4.74 Å². The van der Waals surface area contributed by atoms with E-state index >= 15 is 0 Å². The van der Waals surface area contributed by atoms with Crippen LogP contribution in [0.15, 0.2) is 23.1 Å². The maximum Gasteiger partial charge on any atom is 0.123 e. The topological polar surface area (TPSA) is 21.3 Å². The van der Waals surface area contributed by atoms with Crippen LogP contribution < -0.4 is 5.32 Å². The van der Waals surface area contributed by atoms with Crippen LogP contribution >= 0.6 is 11.8 Å². The van der Waals surface area contributed by atoms with Gasteiger partial charge in [0.1, 0.15) is 5.82 Å². The highest BCUT2D eigenvalue weighted by molar-refractivity contribution is 7.99. The quantitative estimate of drug-likeness (QED) is 0.613. The van der Waals surface area contributed by atoms with Crippen LogP contribution in [0.2, 0.25) is 0 Å². The molecule has 0 saturated heterocycles. The Kier molecular flexibility index (Phi) is 5.80. The summed E-state index contributed by atoms with van der Waals surface area (Å²) in [6.07, 6.45) is 0. The summed E-state index contributed by atoms with van der Waals surface area (Å²) in [7, 11) is 3.56. The molecular weight excluding hydrogens is 225 g/mol. The molecule has 0 aromatic heterocycles. The molecule has 4 heteroatoms. The Balaban J connectivity index is 2.80. The van der Waals surface area contributed by atoms with Crippen LogP contribution in [0.5, 0.6) is 0 Å². The molecule has 0 radical (unpaired) electrons. The summed E-state index contributed by atoms with van der Waals surface area (Å²) >= 11 is 1.69. The van der Waals surface area contributed by atoms with Crippen LogP contribution in [-0.2, 0) is 4.74 Å². The zero-order valence-corrected chi connectivity index (χ0v) is 10.7. The monoisotopic (exact) mass is 243 g/mol. The Morgan fingerprint density at radius 2 is 2.25 bits per heavy atom. The normalized spacial score (nSPS) is 12.8. The Labute approximate surface area is 101 Å². The summed E-state index contributed by atoms with van der Waals surface area (Å²) < 4.78 is 18.2. The molecule has 1 aromatic carbocycles. The first kappa shape index (κ1) is 13.5. The Morgan fingerprint density at radius 1 is 1.50 bits per heavy atom. The molecule has 90 valence electrons. The van der Waals surface area contributed by atoms with Gasteiger partial charge >= 0.3 is 0 Å². The minimum Gasteiger partial charge on any atom is -0.384 e. The molecule has 2 nitrogen and oxygen atoms in total. The molecule has 0 fully saturated rings. The molecule has 0 spiro atoms. The van der Waals surface area contributed by atoms with E-state index in [2.05, 4.69) is 5.32 Å². The fourth-order valence-corrected chi connectivity index (χ4v) is 2.42. The van der Waals surface area contributed by atoms with E-state index < -0.39 is 0 Å². The van der Waals surface area contributed by atoms with E-state index in [0.29, 0.717) is 6.61 Å². The number of ether oxygens (including phenoxy) is 1. The second-order valence-electron chi connectivity index (χ2n) is 3.53. The molecule has 0 heterocycles. The zero-order chi connectivity index (χ0) is 12.0. The van der Waals surface area contributed by atoms with Gasteiger partial charge in [-0.25, -0.2) is 4.39 Å². The molecule has 1 atom stereocenters. The third-order valence-corrected chi connectivity index (χ3v) is 3.47. The zero-order valence-electron chi connectivity index (χ0n) is 9.92. The number of hydrogen-bond donors (Lipinski definition) is 1. The Hall–Kier alpha value is -0.580. The fraction of sp³-hybridized carbons (Fsp3) is 0.500. The second-order valence-corrected chi connectivity index (χ2v) is 4.67. The van der Waals surface area contributed by atoms with Gasteiger partial charge in [-0.2, -0.15) is 0 Å². The predicted octanol–water partition coefficient (Wildman–Crippen LogP) is 2.84. The lowest BCUT2D eigenvalue weighted by Crippen LogP contribution is -2.13. The van der Waals surface area contributed by atoms with Crippen molar-refractivity contribution in [1.29, 1.82) is 0 Å². The van der Waals surface area contributed by atoms with Crippen LogP contribution in [0.1, 0.15) is 18.5 Å². The van der Waals surface area contributed by atoms with Crippen molar-refractivity contribution in [3.05, 3.63) is 29.6 Å². The lowest BCUT2D eigenvalue weighted by molar-refractivity contribution is 0.218. The van der Waals surface area contributed by atoms with E-state index in [0.717, 1.165) is 16.2 Å². The van der Waals surface area contributed by atoms with Gasteiger partial charge < -0.3 is 10.1 Å². The number of rotatable bonds is 6. The minimum absolute atomic E-state index is 0.153.